The summed E-state index contributed by atoms with van der Waals surface area (Å²) in [5.74, 6) is 0.877. The van der Waals surface area contributed by atoms with Gasteiger partial charge < -0.3 is 9.47 Å². The molecule has 0 radical (unpaired) electrons. The van der Waals surface area contributed by atoms with E-state index in [1.54, 1.807) is 62.0 Å². The molecule has 28 heavy (non-hydrogen) atoms. The van der Waals surface area contributed by atoms with Crippen LogP contribution in [-0.2, 0) is 6.61 Å². The van der Waals surface area contributed by atoms with Gasteiger partial charge in [-0.1, -0.05) is 24.3 Å². The number of carbonyl (C=O) groups excluding carboxylic acids is 1. The minimum atomic E-state index is -0.354. The van der Waals surface area contributed by atoms with E-state index < -0.39 is 0 Å². The molecule has 3 rings (SSSR count). The summed E-state index contributed by atoms with van der Waals surface area (Å²) in [6, 6.07) is 19.7. The van der Waals surface area contributed by atoms with Crippen molar-refractivity contribution < 1.29 is 14.3 Å². The van der Waals surface area contributed by atoms with Crippen molar-refractivity contribution in [1.82, 2.24) is 4.98 Å². The Morgan fingerprint density at radius 3 is 2.57 bits per heavy atom. The number of pyridine rings is 1. The summed E-state index contributed by atoms with van der Waals surface area (Å²) in [6.45, 7) is 0.340. The van der Waals surface area contributed by atoms with Gasteiger partial charge in [0.05, 0.1) is 7.11 Å². The fraction of sp³-hybridized carbons (Fsp3) is 0.0870. The quantitative estimate of drug-likeness (QED) is 0.349. The predicted octanol–water partition coefficient (Wildman–Crippen LogP) is 4.46. The SMILES string of the molecule is COc1ccc(C(=O)/C(C#N)=C\c2ccccc2OCc2cccnc2)cc1. The van der Waals surface area contributed by atoms with Crippen molar-refractivity contribution in [3.8, 4) is 17.6 Å². The van der Waals surface area contributed by atoms with Gasteiger partial charge in [0.15, 0.2) is 0 Å². The van der Waals surface area contributed by atoms with Crippen LogP contribution in [0.5, 0.6) is 11.5 Å². The number of hydrogen-bond donors (Lipinski definition) is 0. The van der Waals surface area contributed by atoms with Crippen LogP contribution in [0.25, 0.3) is 6.08 Å². The molecule has 0 saturated heterocycles. The largest absolute Gasteiger partial charge is 0.497 e. The lowest BCUT2D eigenvalue weighted by Gasteiger charge is -2.09. The number of ketones is 1. The van der Waals surface area contributed by atoms with E-state index in [4.69, 9.17) is 9.47 Å². The molecular formula is C23H18N2O3. The number of ether oxygens (including phenoxy) is 2. The Morgan fingerprint density at radius 2 is 1.89 bits per heavy atom. The highest BCUT2D eigenvalue weighted by atomic mass is 16.5. The summed E-state index contributed by atoms with van der Waals surface area (Å²) >= 11 is 0. The van der Waals surface area contributed by atoms with Crippen LogP contribution in [0, 0.1) is 11.3 Å². The highest BCUT2D eigenvalue weighted by Gasteiger charge is 2.13. The van der Waals surface area contributed by atoms with E-state index in [2.05, 4.69) is 4.98 Å². The van der Waals surface area contributed by atoms with E-state index in [1.165, 1.54) is 0 Å². The zero-order chi connectivity index (χ0) is 19.8. The molecule has 2 aromatic carbocycles. The molecule has 0 amide bonds. The molecule has 0 bridgehead atoms. The third-order valence-corrected chi connectivity index (χ3v) is 4.05. The third kappa shape index (κ3) is 4.63. The van der Waals surface area contributed by atoms with Crippen molar-refractivity contribution in [2.75, 3.05) is 7.11 Å². The summed E-state index contributed by atoms with van der Waals surface area (Å²) < 4.78 is 11.0. The van der Waals surface area contributed by atoms with Gasteiger partial charge in [0.1, 0.15) is 29.7 Å². The van der Waals surface area contributed by atoms with Gasteiger partial charge in [-0.05, 0) is 42.5 Å². The summed E-state index contributed by atoms with van der Waals surface area (Å²) in [6.07, 6.45) is 4.97. The second-order valence-electron chi connectivity index (χ2n) is 5.92. The van der Waals surface area contributed by atoms with Crippen LogP contribution in [0.2, 0.25) is 0 Å². The Bertz CT molecular complexity index is 1020. The number of carbonyl (C=O) groups is 1. The molecule has 1 heterocycles. The van der Waals surface area contributed by atoms with E-state index in [9.17, 15) is 10.1 Å². The number of nitrogens with zero attached hydrogens (tertiary/aromatic N) is 2. The van der Waals surface area contributed by atoms with Crippen molar-refractivity contribution in [2.45, 2.75) is 6.61 Å². The third-order valence-electron chi connectivity index (χ3n) is 4.05. The Labute approximate surface area is 163 Å². The molecule has 0 fully saturated rings. The van der Waals surface area contributed by atoms with Crippen molar-refractivity contribution in [3.63, 3.8) is 0 Å². The number of hydrogen-bond acceptors (Lipinski definition) is 5. The molecule has 138 valence electrons. The smallest absolute Gasteiger partial charge is 0.203 e. The minimum absolute atomic E-state index is 0.0302. The van der Waals surface area contributed by atoms with E-state index >= 15 is 0 Å². The fourth-order valence-electron chi connectivity index (χ4n) is 2.58. The Hall–Kier alpha value is -3.91. The molecule has 5 heteroatoms. The van der Waals surface area contributed by atoms with E-state index in [1.807, 2.05) is 30.3 Å². The van der Waals surface area contributed by atoms with E-state index in [0.29, 0.717) is 29.2 Å². The van der Waals surface area contributed by atoms with Crippen LogP contribution in [0.4, 0.5) is 0 Å². The Balaban J connectivity index is 1.84. The average Bonchev–Trinajstić information content (AvgIpc) is 2.77. The standard InChI is InChI=1S/C23H18N2O3/c1-27-21-10-8-18(9-11-21)23(26)20(14-24)13-19-6-2-3-7-22(19)28-16-17-5-4-12-25-15-17/h2-13,15H,16H2,1H3/b20-13-. The van der Waals surface area contributed by atoms with Crippen LogP contribution < -0.4 is 9.47 Å². The zero-order valence-electron chi connectivity index (χ0n) is 15.3. The first-order valence-corrected chi connectivity index (χ1v) is 8.62. The van der Waals surface area contributed by atoms with E-state index in [-0.39, 0.29) is 11.4 Å². The summed E-state index contributed by atoms with van der Waals surface area (Å²) in [5.41, 5.74) is 2.03. The normalized spacial score (nSPS) is 10.8. The molecule has 0 spiro atoms. The second-order valence-corrected chi connectivity index (χ2v) is 5.92. The van der Waals surface area contributed by atoms with Crippen LogP contribution >= 0.6 is 0 Å². The Morgan fingerprint density at radius 1 is 1.11 bits per heavy atom. The summed E-state index contributed by atoms with van der Waals surface area (Å²) in [4.78, 5) is 16.8. The van der Waals surface area contributed by atoms with Gasteiger partial charge in [-0.15, -0.1) is 0 Å². The molecule has 0 saturated carbocycles. The van der Waals surface area contributed by atoms with Gasteiger partial charge in [0, 0.05) is 29.1 Å². The molecule has 0 N–H and O–H groups in total. The Kier molecular flexibility index (Phi) is 6.17. The first-order chi connectivity index (χ1) is 13.7. The van der Waals surface area contributed by atoms with Crippen molar-refractivity contribution in [1.29, 1.82) is 5.26 Å². The average molecular weight is 370 g/mol. The maximum Gasteiger partial charge on any atom is 0.203 e. The first-order valence-electron chi connectivity index (χ1n) is 8.62. The molecule has 0 atom stereocenters. The molecule has 1 aromatic heterocycles. The topological polar surface area (TPSA) is 72.2 Å². The minimum Gasteiger partial charge on any atom is -0.497 e. The monoisotopic (exact) mass is 370 g/mol. The molecule has 0 unspecified atom stereocenters. The number of aromatic nitrogens is 1. The predicted molar refractivity (Wildman–Crippen MR) is 106 cm³/mol. The molecular weight excluding hydrogens is 352 g/mol. The van der Waals surface area contributed by atoms with Crippen molar-refractivity contribution in [2.24, 2.45) is 0 Å². The van der Waals surface area contributed by atoms with Gasteiger partial charge in [0.25, 0.3) is 0 Å². The number of nitriles is 1. The van der Waals surface area contributed by atoms with Crippen molar-refractivity contribution in [3.05, 3.63) is 95.3 Å². The highest BCUT2D eigenvalue weighted by Crippen LogP contribution is 2.23. The molecule has 3 aromatic rings. The lowest BCUT2D eigenvalue weighted by molar-refractivity contribution is 0.104. The highest BCUT2D eigenvalue weighted by molar-refractivity contribution is 6.14. The zero-order valence-corrected chi connectivity index (χ0v) is 15.3. The van der Waals surface area contributed by atoms with Gasteiger partial charge in [0.2, 0.25) is 5.78 Å². The van der Waals surface area contributed by atoms with Gasteiger partial charge in [-0.3, -0.25) is 9.78 Å². The maximum atomic E-state index is 12.7. The maximum absolute atomic E-state index is 12.7. The van der Waals surface area contributed by atoms with E-state index in [0.717, 1.165) is 5.56 Å². The molecule has 0 aliphatic rings. The molecule has 0 aliphatic heterocycles. The number of Topliss-reactive ketones (excluding diaryl/α,β-unsaturated/α-hetero) is 1. The van der Waals surface area contributed by atoms with Crippen LogP contribution in [0.3, 0.4) is 0 Å². The van der Waals surface area contributed by atoms with Gasteiger partial charge in [-0.2, -0.15) is 5.26 Å². The number of benzene rings is 2. The molecule has 0 aliphatic carbocycles. The number of allylic oxidation sites excluding steroid dienone is 1. The van der Waals surface area contributed by atoms with Crippen molar-refractivity contribution >= 4 is 11.9 Å². The van der Waals surface area contributed by atoms with Crippen LogP contribution in [0.1, 0.15) is 21.5 Å². The number of rotatable bonds is 7. The fourth-order valence-corrected chi connectivity index (χ4v) is 2.58. The van der Waals surface area contributed by atoms with Crippen LogP contribution in [-0.4, -0.2) is 17.9 Å². The van der Waals surface area contributed by atoms with Crippen LogP contribution in [0.15, 0.2) is 78.6 Å². The summed E-state index contributed by atoms with van der Waals surface area (Å²) in [5, 5.41) is 9.51. The summed E-state index contributed by atoms with van der Waals surface area (Å²) in [7, 11) is 1.56. The van der Waals surface area contributed by atoms with Gasteiger partial charge >= 0.3 is 0 Å². The number of para-hydroxylation sites is 1. The lowest BCUT2D eigenvalue weighted by atomic mass is 10.0. The second kappa shape index (κ2) is 9.15. The first kappa shape index (κ1) is 18.9. The van der Waals surface area contributed by atoms with Gasteiger partial charge in [-0.25, -0.2) is 0 Å². The molecule has 5 nitrogen and oxygen atoms in total. The lowest BCUT2D eigenvalue weighted by Crippen LogP contribution is -2.02. The number of methoxy groups -OCH3 is 1.